The van der Waals surface area contributed by atoms with Crippen molar-refractivity contribution in [1.82, 2.24) is 4.90 Å². The molecule has 0 N–H and O–H groups in total. The highest BCUT2D eigenvalue weighted by atomic mass is 32.2. The zero-order valence-corrected chi connectivity index (χ0v) is 9.34. The first-order valence-corrected chi connectivity index (χ1v) is 5.63. The fourth-order valence-electron chi connectivity index (χ4n) is 1.93. The van der Waals surface area contributed by atoms with Crippen molar-refractivity contribution in [3.63, 3.8) is 0 Å². The van der Waals surface area contributed by atoms with Crippen LogP contribution in [0.4, 0.5) is 0 Å². The molecule has 0 aromatic heterocycles. The van der Waals surface area contributed by atoms with E-state index in [9.17, 15) is 9.59 Å². The lowest BCUT2D eigenvalue weighted by Crippen LogP contribution is -2.28. The van der Waals surface area contributed by atoms with Crippen LogP contribution in [0.5, 0.6) is 0 Å². The van der Waals surface area contributed by atoms with E-state index in [1.165, 1.54) is 24.9 Å². The number of thioether (sulfide) groups is 1. The first kappa shape index (κ1) is 9.65. The van der Waals surface area contributed by atoms with Crippen molar-refractivity contribution >= 4 is 28.5 Å². The lowest BCUT2D eigenvalue weighted by molar-refractivity contribution is -0.133. The molecule has 16 heavy (non-hydrogen) atoms. The zero-order chi connectivity index (χ0) is 11.3. The second-order valence-corrected chi connectivity index (χ2v) is 4.51. The van der Waals surface area contributed by atoms with E-state index in [-0.39, 0.29) is 5.76 Å². The van der Waals surface area contributed by atoms with Crippen molar-refractivity contribution in [3.05, 3.63) is 22.4 Å². The van der Waals surface area contributed by atoms with E-state index in [2.05, 4.69) is 4.99 Å². The van der Waals surface area contributed by atoms with Gasteiger partial charge in [0.2, 0.25) is 5.78 Å². The van der Waals surface area contributed by atoms with Gasteiger partial charge in [-0.3, -0.25) is 14.6 Å². The lowest BCUT2D eigenvalue weighted by atomic mass is 10.1. The summed E-state index contributed by atoms with van der Waals surface area (Å²) < 4.78 is 5.05. The molecule has 2 heterocycles. The number of methoxy groups -OCH3 is 1. The largest absolute Gasteiger partial charge is 0.491 e. The van der Waals surface area contributed by atoms with Crippen molar-refractivity contribution in [3.8, 4) is 0 Å². The maximum atomic E-state index is 11.6. The maximum Gasteiger partial charge on any atom is 0.269 e. The Bertz CT molecular complexity index is 504. The molecule has 0 saturated carbocycles. The van der Waals surface area contributed by atoms with Gasteiger partial charge in [-0.05, 0) is 11.8 Å². The minimum Gasteiger partial charge on any atom is -0.491 e. The third-order valence-electron chi connectivity index (χ3n) is 2.62. The van der Waals surface area contributed by atoms with Crippen LogP contribution in [-0.2, 0) is 14.3 Å². The molecular formula is C10H8N2O3S. The Hall–Kier alpha value is -1.56. The smallest absolute Gasteiger partial charge is 0.269 e. The van der Waals surface area contributed by atoms with Crippen LogP contribution in [-0.4, -0.2) is 41.8 Å². The van der Waals surface area contributed by atoms with Gasteiger partial charge in [0, 0.05) is 17.5 Å². The van der Waals surface area contributed by atoms with Gasteiger partial charge >= 0.3 is 0 Å². The standard InChI is InChI=1S/C10H8N2O3S/c1-15-9-7-6(4-5(13)8(9)14)16-10-11-2-3-12(7)10/h4H,2-3H2,1H3. The molecule has 1 fully saturated rings. The van der Waals surface area contributed by atoms with Gasteiger partial charge in [0.1, 0.15) is 5.70 Å². The van der Waals surface area contributed by atoms with Crippen LogP contribution >= 0.6 is 11.8 Å². The second kappa shape index (κ2) is 3.21. The Morgan fingerprint density at radius 1 is 1.50 bits per heavy atom. The monoisotopic (exact) mass is 236 g/mol. The van der Waals surface area contributed by atoms with E-state index in [1.54, 1.807) is 0 Å². The van der Waals surface area contributed by atoms with Crippen LogP contribution in [0.1, 0.15) is 0 Å². The number of amidine groups is 1. The molecule has 0 aromatic rings. The fraction of sp³-hybridized carbons (Fsp3) is 0.300. The number of carbonyl (C=O) groups excluding carboxylic acids is 2. The highest BCUT2D eigenvalue weighted by Gasteiger charge is 2.41. The summed E-state index contributed by atoms with van der Waals surface area (Å²) in [5.41, 5.74) is 0.702. The van der Waals surface area contributed by atoms with Crippen molar-refractivity contribution < 1.29 is 14.3 Å². The Kier molecular flexibility index (Phi) is 1.94. The summed E-state index contributed by atoms with van der Waals surface area (Å²) in [6.45, 7) is 1.46. The molecule has 6 heteroatoms. The van der Waals surface area contributed by atoms with Gasteiger partial charge in [-0.15, -0.1) is 0 Å². The molecule has 0 aromatic carbocycles. The number of fused-ring (bicyclic) bond motifs is 3. The van der Waals surface area contributed by atoms with Crippen LogP contribution in [0.15, 0.2) is 27.4 Å². The third-order valence-corrected chi connectivity index (χ3v) is 3.68. The summed E-state index contributed by atoms with van der Waals surface area (Å²) in [7, 11) is 1.41. The quantitative estimate of drug-likeness (QED) is 0.484. The van der Waals surface area contributed by atoms with Crippen LogP contribution in [0.3, 0.4) is 0 Å². The third kappa shape index (κ3) is 1.10. The Balaban J connectivity index is 2.19. The Morgan fingerprint density at radius 3 is 3.06 bits per heavy atom. The van der Waals surface area contributed by atoms with Gasteiger partial charge in [-0.1, -0.05) is 0 Å². The maximum absolute atomic E-state index is 11.6. The van der Waals surface area contributed by atoms with E-state index in [0.717, 1.165) is 23.2 Å². The van der Waals surface area contributed by atoms with Crippen LogP contribution in [0, 0.1) is 0 Å². The van der Waals surface area contributed by atoms with Gasteiger partial charge in [0.15, 0.2) is 10.9 Å². The Labute approximate surface area is 95.8 Å². The minimum atomic E-state index is -0.574. The minimum absolute atomic E-state index is 0.141. The molecule has 5 nitrogen and oxygen atoms in total. The van der Waals surface area contributed by atoms with Crippen molar-refractivity contribution in [1.29, 1.82) is 0 Å². The number of Topliss-reactive ketones (excluding diaryl/α,β-unsaturated/α-hetero) is 1. The summed E-state index contributed by atoms with van der Waals surface area (Å²) in [5.74, 6) is -0.957. The predicted molar refractivity (Wildman–Crippen MR) is 58.7 cm³/mol. The highest BCUT2D eigenvalue weighted by molar-refractivity contribution is 8.17. The van der Waals surface area contributed by atoms with E-state index >= 15 is 0 Å². The second-order valence-electron chi connectivity index (χ2n) is 3.50. The number of carbonyl (C=O) groups is 2. The fourth-order valence-corrected chi connectivity index (χ4v) is 3.04. The lowest BCUT2D eigenvalue weighted by Gasteiger charge is -2.18. The first-order chi connectivity index (χ1) is 7.72. The summed E-state index contributed by atoms with van der Waals surface area (Å²) in [6.07, 6.45) is 1.37. The van der Waals surface area contributed by atoms with Gasteiger partial charge in [-0.2, -0.15) is 0 Å². The number of allylic oxidation sites excluding steroid dienone is 2. The predicted octanol–water partition coefficient (Wildman–Crippen LogP) is 0.298. The number of hydrogen-bond acceptors (Lipinski definition) is 6. The molecular weight excluding hydrogens is 228 g/mol. The van der Waals surface area contributed by atoms with Crippen LogP contribution in [0.2, 0.25) is 0 Å². The summed E-state index contributed by atoms with van der Waals surface area (Å²) in [4.78, 5) is 30.0. The zero-order valence-electron chi connectivity index (χ0n) is 8.52. The number of rotatable bonds is 1. The van der Waals surface area contributed by atoms with Gasteiger partial charge in [0.05, 0.1) is 13.7 Å². The van der Waals surface area contributed by atoms with Crippen molar-refractivity contribution in [2.45, 2.75) is 0 Å². The molecule has 0 atom stereocenters. The average molecular weight is 236 g/mol. The number of aliphatic imine (C=N–C) groups is 1. The molecule has 1 aliphatic carbocycles. The molecule has 0 radical (unpaired) electrons. The van der Waals surface area contributed by atoms with E-state index in [1.807, 2.05) is 4.90 Å². The number of ketones is 2. The molecule has 2 aliphatic heterocycles. The topological polar surface area (TPSA) is 59.0 Å². The summed E-state index contributed by atoms with van der Waals surface area (Å²) in [6, 6.07) is 0. The molecule has 0 spiro atoms. The number of hydrogen-bond donors (Lipinski definition) is 0. The van der Waals surface area contributed by atoms with Gasteiger partial charge < -0.3 is 9.64 Å². The van der Waals surface area contributed by atoms with Crippen LogP contribution < -0.4 is 0 Å². The molecule has 0 unspecified atom stereocenters. The normalized spacial score (nSPS) is 23.2. The summed E-state index contributed by atoms with van der Waals surface area (Å²) in [5, 5.41) is 0.846. The average Bonchev–Trinajstić information content (AvgIpc) is 2.80. The van der Waals surface area contributed by atoms with Crippen LogP contribution in [0.25, 0.3) is 0 Å². The van der Waals surface area contributed by atoms with E-state index < -0.39 is 11.6 Å². The van der Waals surface area contributed by atoms with Crippen molar-refractivity contribution in [2.24, 2.45) is 4.99 Å². The van der Waals surface area contributed by atoms with Gasteiger partial charge in [-0.25, -0.2) is 0 Å². The molecule has 1 saturated heterocycles. The SMILES string of the molecule is COC1=C2C(=CC(=O)C1=O)SC1=NCCN12. The molecule has 82 valence electrons. The molecule has 0 amide bonds. The van der Waals surface area contributed by atoms with E-state index in [0.29, 0.717) is 5.70 Å². The number of ether oxygens (including phenoxy) is 1. The molecule has 3 aliphatic rings. The Morgan fingerprint density at radius 2 is 2.31 bits per heavy atom. The van der Waals surface area contributed by atoms with Gasteiger partial charge in [0.25, 0.3) is 5.78 Å². The first-order valence-electron chi connectivity index (χ1n) is 4.81. The highest BCUT2D eigenvalue weighted by Crippen LogP contribution is 2.43. The molecule has 3 rings (SSSR count). The van der Waals surface area contributed by atoms with E-state index in [4.69, 9.17) is 4.74 Å². The number of nitrogens with zero attached hydrogens (tertiary/aromatic N) is 2. The van der Waals surface area contributed by atoms with Crippen molar-refractivity contribution in [2.75, 3.05) is 20.2 Å². The molecule has 0 bridgehead atoms. The summed E-state index contributed by atoms with van der Waals surface area (Å²) >= 11 is 1.42.